The van der Waals surface area contributed by atoms with Crippen LogP contribution >= 0.6 is 0 Å². The third-order valence-corrected chi connectivity index (χ3v) is 4.04. The molecule has 6 heteroatoms. The van der Waals surface area contributed by atoms with Crippen LogP contribution in [0.4, 0.5) is 17.6 Å². The monoisotopic (exact) mass is 372 g/mol. The van der Waals surface area contributed by atoms with Crippen molar-refractivity contribution in [3.63, 3.8) is 0 Å². The summed E-state index contributed by atoms with van der Waals surface area (Å²) in [6.07, 6.45) is -5.06. The fraction of sp³-hybridized carbons (Fsp3) is 0.400. The summed E-state index contributed by atoms with van der Waals surface area (Å²) in [5.74, 6) is -1.31. The Kier molecular flexibility index (Phi) is 7.21. The van der Waals surface area contributed by atoms with Crippen molar-refractivity contribution in [2.24, 2.45) is 0 Å². The maximum Gasteiger partial charge on any atom is 0.421 e. The van der Waals surface area contributed by atoms with Crippen molar-refractivity contribution >= 4 is 0 Å². The van der Waals surface area contributed by atoms with Crippen LogP contribution in [-0.4, -0.2) is 16.4 Å². The van der Waals surface area contributed by atoms with Crippen LogP contribution in [0, 0.1) is 12.7 Å². The van der Waals surface area contributed by atoms with Crippen molar-refractivity contribution in [3.8, 4) is 16.9 Å². The van der Waals surface area contributed by atoms with E-state index in [2.05, 4.69) is 0 Å². The molecule has 2 aromatic carbocycles. The second-order valence-electron chi connectivity index (χ2n) is 5.80. The van der Waals surface area contributed by atoms with Crippen LogP contribution in [0.15, 0.2) is 36.4 Å². The van der Waals surface area contributed by atoms with Gasteiger partial charge in [0.15, 0.2) is 17.2 Å². The van der Waals surface area contributed by atoms with E-state index in [9.17, 15) is 27.8 Å². The van der Waals surface area contributed by atoms with Crippen LogP contribution in [0.1, 0.15) is 44.7 Å². The first kappa shape index (κ1) is 22.0. The van der Waals surface area contributed by atoms with Gasteiger partial charge in [0, 0.05) is 0 Å². The molecule has 0 aliphatic rings. The maximum absolute atomic E-state index is 13.5. The van der Waals surface area contributed by atoms with E-state index < -0.39 is 29.8 Å². The van der Waals surface area contributed by atoms with E-state index in [1.807, 2.05) is 13.8 Å². The lowest BCUT2D eigenvalue weighted by Gasteiger charge is -2.31. The van der Waals surface area contributed by atoms with Gasteiger partial charge in [0.05, 0.1) is 0 Å². The molecule has 2 nitrogen and oxygen atoms in total. The topological polar surface area (TPSA) is 40.5 Å². The van der Waals surface area contributed by atoms with Crippen LogP contribution < -0.4 is 0 Å². The number of benzene rings is 2. The molecule has 0 aliphatic carbocycles. The van der Waals surface area contributed by atoms with Crippen LogP contribution in [-0.2, 0) is 5.60 Å². The van der Waals surface area contributed by atoms with Crippen molar-refractivity contribution in [2.45, 2.75) is 52.3 Å². The molecule has 0 saturated heterocycles. The van der Waals surface area contributed by atoms with Gasteiger partial charge in [-0.05, 0) is 47.7 Å². The first-order valence-electron chi connectivity index (χ1n) is 8.49. The summed E-state index contributed by atoms with van der Waals surface area (Å²) in [5, 5.41) is 19.4. The average molecular weight is 372 g/mol. The molecule has 1 atom stereocenters. The fourth-order valence-electron chi connectivity index (χ4n) is 2.73. The van der Waals surface area contributed by atoms with E-state index in [4.69, 9.17) is 0 Å². The molecular formula is C20H24F4O2. The van der Waals surface area contributed by atoms with Crippen molar-refractivity contribution < 1.29 is 27.8 Å². The Morgan fingerprint density at radius 2 is 1.62 bits per heavy atom. The Bertz CT molecular complexity index is 741. The number of hydrogen-bond acceptors (Lipinski definition) is 2. The molecule has 0 aliphatic heterocycles. The molecule has 2 N–H and O–H groups in total. The van der Waals surface area contributed by atoms with Gasteiger partial charge in [-0.2, -0.15) is 13.2 Å². The zero-order valence-electron chi connectivity index (χ0n) is 15.3. The van der Waals surface area contributed by atoms with Crippen molar-refractivity contribution in [1.82, 2.24) is 0 Å². The first-order valence-corrected chi connectivity index (χ1v) is 8.49. The molecule has 2 aromatic rings. The van der Waals surface area contributed by atoms with Gasteiger partial charge in [0.1, 0.15) is 0 Å². The van der Waals surface area contributed by atoms with Gasteiger partial charge < -0.3 is 10.2 Å². The van der Waals surface area contributed by atoms with E-state index >= 15 is 0 Å². The smallest absolute Gasteiger partial charge is 0.421 e. The summed E-state index contributed by atoms with van der Waals surface area (Å²) >= 11 is 0. The number of halogens is 4. The van der Waals surface area contributed by atoms with E-state index in [1.54, 1.807) is 13.8 Å². The van der Waals surface area contributed by atoms with E-state index in [0.717, 1.165) is 6.07 Å². The second-order valence-corrected chi connectivity index (χ2v) is 5.80. The van der Waals surface area contributed by atoms with Gasteiger partial charge in [-0.1, -0.05) is 51.5 Å². The number of rotatable bonds is 4. The molecule has 1 unspecified atom stereocenters. The number of phenols is 1. The first-order chi connectivity index (χ1) is 12.1. The molecule has 0 spiro atoms. The number of alkyl halides is 3. The molecule has 0 amide bonds. The number of aromatic hydroxyl groups is 1. The van der Waals surface area contributed by atoms with Crippen LogP contribution in [0.2, 0.25) is 0 Å². The van der Waals surface area contributed by atoms with E-state index in [-0.39, 0.29) is 12.0 Å². The summed E-state index contributed by atoms with van der Waals surface area (Å²) in [7, 11) is 0. The Labute approximate surface area is 151 Å². The van der Waals surface area contributed by atoms with Crippen LogP contribution in [0.25, 0.3) is 11.1 Å². The zero-order valence-corrected chi connectivity index (χ0v) is 15.3. The number of hydrogen-bond donors (Lipinski definition) is 2. The predicted octanol–water partition coefficient (Wildman–Crippen LogP) is 6.08. The number of aliphatic hydroxyl groups is 1. The molecule has 0 radical (unpaired) electrons. The molecule has 0 heterocycles. The van der Waals surface area contributed by atoms with Gasteiger partial charge in [-0.15, -0.1) is 0 Å². The minimum atomic E-state index is -4.79. The summed E-state index contributed by atoms with van der Waals surface area (Å²) in [6.45, 7) is 7.16. The predicted molar refractivity (Wildman–Crippen MR) is 94.4 cm³/mol. The van der Waals surface area contributed by atoms with Gasteiger partial charge in [-0.25, -0.2) is 4.39 Å². The molecule has 26 heavy (non-hydrogen) atoms. The fourth-order valence-corrected chi connectivity index (χ4v) is 2.73. The molecule has 0 saturated carbocycles. The highest BCUT2D eigenvalue weighted by Crippen LogP contribution is 2.43. The molecular weight excluding hydrogens is 348 g/mol. The highest BCUT2D eigenvalue weighted by molar-refractivity contribution is 5.68. The minimum Gasteiger partial charge on any atom is -0.505 e. The summed E-state index contributed by atoms with van der Waals surface area (Å²) in [4.78, 5) is 0. The maximum atomic E-state index is 13.5. The van der Waals surface area contributed by atoms with Gasteiger partial charge in [-0.3, -0.25) is 0 Å². The lowest BCUT2D eigenvalue weighted by atomic mass is 9.86. The summed E-state index contributed by atoms with van der Waals surface area (Å²) in [6, 6.07) is 7.66. The lowest BCUT2D eigenvalue weighted by molar-refractivity contribution is -0.269. The lowest BCUT2D eigenvalue weighted by Crippen LogP contribution is -2.42. The van der Waals surface area contributed by atoms with Gasteiger partial charge >= 0.3 is 6.18 Å². The standard InChI is InChI=1S/C18H18F4O2.C2H6/c1-3-8-17(24,18(20,21)22)13-5-6-14(11(2)9-13)12-4-7-16(23)15(19)10-12;1-2/h4-7,9-10,23-24H,3,8H2,1-2H3;1-2H3. The zero-order chi connectivity index (χ0) is 20.1. The Balaban J connectivity index is 0.00000163. The SMILES string of the molecule is CC.CCCC(O)(c1ccc(-c2ccc(O)c(F)c2)c(C)c1)C(F)(F)F. The average Bonchev–Trinajstić information content (AvgIpc) is 2.58. The van der Waals surface area contributed by atoms with Crippen molar-refractivity contribution in [3.05, 3.63) is 53.3 Å². The summed E-state index contributed by atoms with van der Waals surface area (Å²) in [5.41, 5.74) is -1.72. The Morgan fingerprint density at radius 3 is 2.08 bits per heavy atom. The molecule has 144 valence electrons. The Morgan fingerprint density at radius 1 is 1.00 bits per heavy atom. The largest absolute Gasteiger partial charge is 0.505 e. The molecule has 0 fully saturated rings. The highest BCUT2D eigenvalue weighted by Gasteiger charge is 2.54. The quantitative estimate of drug-likeness (QED) is 0.638. The third-order valence-electron chi connectivity index (χ3n) is 4.04. The van der Waals surface area contributed by atoms with Gasteiger partial charge in [0.25, 0.3) is 0 Å². The number of aryl methyl sites for hydroxylation is 1. The van der Waals surface area contributed by atoms with Crippen molar-refractivity contribution in [1.29, 1.82) is 0 Å². The Hall–Kier alpha value is -2.08. The summed E-state index contributed by atoms with van der Waals surface area (Å²) < 4.78 is 53.4. The molecule has 2 rings (SSSR count). The van der Waals surface area contributed by atoms with E-state index in [0.29, 0.717) is 16.7 Å². The van der Waals surface area contributed by atoms with Gasteiger partial charge in [0.2, 0.25) is 0 Å². The minimum absolute atomic E-state index is 0.167. The molecule has 0 bridgehead atoms. The third kappa shape index (κ3) is 4.36. The second kappa shape index (κ2) is 8.54. The van der Waals surface area contributed by atoms with Crippen LogP contribution in [0.3, 0.4) is 0 Å². The highest BCUT2D eigenvalue weighted by atomic mass is 19.4. The molecule has 0 aromatic heterocycles. The number of phenolic OH excluding ortho intramolecular Hbond substituents is 1. The normalized spacial score (nSPS) is 13.6. The van der Waals surface area contributed by atoms with Crippen molar-refractivity contribution in [2.75, 3.05) is 0 Å². The van der Waals surface area contributed by atoms with Crippen LogP contribution in [0.5, 0.6) is 5.75 Å². The van der Waals surface area contributed by atoms with E-state index in [1.165, 1.54) is 30.3 Å².